The van der Waals surface area contributed by atoms with Gasteiger partial charge in [-0.15, -0.1) is 0 Å². The highest BCUT2D eigenvalue weighted by Gasteiger charge is 2.24. The van der Waals surface area contributed by atoms with Crippen molar-refractivity contribution in [1.29, 1.82) is 0 Å². The van der Waals surface area contributed by atoms with Gasteiger partial charge in [-0.25, -0.2) is 18.4 Å². The molecule has 114 valence electrons. The fourth-order valence-electron chi connectivity index (χ4n) is 1.73. The number of nitrogens with zero attached hydrogens (tertiary/aromatic N) is 3. The first-order chi connectivity index (χ1) is 9.41. The van der Waals surface area contributed by atoms with Crippen LogP contribution < -0.4 is 5.32 Å². The van der Waals surface area contributed by atoms with Crippen molar-refractivity contribution < 1.29 is 8.42 Å². The molecule has 0 amide bonds. The Morgan fingerprint density at radius 3 is 2.30 bits per heavy atom. The number of hydrogen-bond donors (Lipinski definition) is 1. The van der Waals surface area contributed by atoms with Gasteiger partial charge in [0.15, 0.2) is 0 Å². The summed E-state index contributed by atoms with van der Waals surface area (Å²) in [7, 11) is -3.50. The van der Waals surface area contributed by atoms with Crippen molar-refractivity contribution in [3.8, 4) is 0 Å². The van der Waals surface area contributed by atoms with Gasteiger partial charge in [0.2, 0.25) is 16.0 Å². The molecule has 0 aliphatic heterocycles. The molecule has 0 atom stereocenters. The standard InChI is InChI=1S/C13H24N4O2S/c1-5-7-14-13-15-8-12(9-16-13)20(18,19)17(6-2)10-11(3)4/h8-9,11H,5-7,10H2,1-4H3,(H,14,15,16). The van der Waals surface area contributed by atoms with Crippen molar-refractivity contribution in [2.75, 3.05) is 25.0 Å². The Bertz CT molecular complexity index is 500. The minimum atomic E-state index is -3.50. The normalized spacial score (nSPS) is 12.1. The molecule has 0 saturated heterocycles. The topological polar surface area (TPSA) is 75.2 Å². The summed E-state index contributed by atoms with van der Waals surface area (Å²) >= 11 is 0. The summed E-state index contributed by atoms with van der Waals surface area (Å²) in [6.07, 6.45) is 3.69. The van der Waals surface area contributed by atoms with Gasteiger partial charge in [-0.1, -0.05) is 27.7 Å². The van der Waals surface area contributed by atoms with Gasteiger partial charge in [0.05, 0.1) is 12.4 Å². The Kier molecular flexibility index (Phi) is 6.35. The van der Waals surface area contributed by atoms with Crippen LogP contribution in [0.25, 0.3) is 0 Å². The van der Waals surface area contributed by atoms with Crippen LogP contribution in [0.4, 0.5) is 5.95 Å². The van der Waals surface area contributed by atoms with E-state index < -0.39 is 10.0 Å². The molecule has 7 heteroatoms. The highest BCUT2D eigenvalue weighted by atomic mass is 32.2. The van der Waals surface area contributed by atoms with Crippen molar-refractivity contribution in [3.05, 3.63) is 12.4 Å². The van der Waals surface area contributed by atoms with E-state index in [9.17, 15) is 8.42 Å². The largest absolute Gasteiger partial charge is 0.354 e. The molecule has 0 unspecified atom stereocenters. The Morgan fingerprint density at radius 2 is 1.85 bits per heavy atom. The first-order valence-electron chi connectivity index (χ1n) is 6.97. The van der Waals surface area contributed by atoms with E-state index in [0.29, 0.717) is 19.0 Å². The van der Waals surface area contributed by atoms with E-state index in [4.69, 9.17) is 0 Å². The van der Waals surface area contributed by atoms with Crippen LogP contribution in [0.3, 0.4) is 0 Å². The summed E-state index contributed by atoms with van der Waals surface area (Å²) in [6, 6.07) is 0. The van der Waals surface area contributed by atoms with Crippen molar-refractivity contribution in [1.82, 2.24) is 14.3 Å². The van der Waals surface area contributed by atoms with Gasteiger partial charge >= 0.3 is 0 Å². The van der Waals surface area contributed by atoms with E-state index >= 15 is 0 Å². The summed E-state index contributed by atoms with van der Waals surface area (Å²) in [6.45, 7) is 9.55. The summed E-state index contributed by atoms with van der Waals surface area (Å²) in [4.78, 5) is 8.24. The second-order valence-electron chi connectivity index (χ2n) is 5.02. The third-order valence-electron chi connectivity index (χ3n) is 2.72. The van der Waals surface area contributed by atoms with Crippen LogP contribution in [-0.4, -0.2) is 42.3 Å². The maximum absolute atomic E-state index is 12.4. The van der Waals surface area contributed by atoms with Crippen LogP contribution in [0, 0.1) is 5.92 Å². The van der Waals surface area contributed by atoms with Crippen LogP contribution in [0.2, 0.25) is 0 Å². The van der Waals surface area contributed by atoms with Crippen molar-refractivity contribution in [2.24, 2.45) is 5.92 Å². The van der Waals surface area contributed by atoms with E-state index in [0.717, 1.165) is 13.0 Å². The summed E-state index contributed by atoms with van der Waals surface area (Å²) in [5.41, 5.74) is 0. The SMILES string of the molecule is CCCNc1ncc(S(=O)(=O)N(CC)CC(C)C)cn1. The van der Waals surface area contributed by atoms with Crippen LogP contribution in [0.5, 0.6) is 0 Å². The molecule has 0 radical (unpaired) electrons. The minimum absolute atomic E-state index is 0.141. The summed E-state index contributed by atoms with van der Waals surface area (Å²) in [5, 5.41) is 3.02. The molecule has 6 nitrogen and oxygen atoms in total. The monoisotopic (exact) mass is 300 g/mol. The van der Waals surface area contributed by atoms with E-state index in [-0.39, 0.29) is 10.8 Å². The molecule has 0 saturated carbocycles. The zero-order valence-corrected chi connectivity index (χ0v) is 13.4. The molecule has 0 spiro atoms. The fraction of sp³-hybridized carbons (Fsp3) is 0.692. The first-order valence-corrected chi connectivity index (χ1v) is 8.41. The zero-order chi connectivity index (χ0) is 15.2. The lowest BCUT2D eigenvalue weighted by Crippen LogP contribution is -2.34. The molecule has 0 aromatic carbocycles. The Balaban J connectivity index is 2.91. The Hall–Kier alpha value is -1.21. The molecular weight excluding hydrogens is 276 g/mol. The highest BCUT2D eigenvalue weighted by Crippen LogP contribution is 2.16. The molecule has 0 fully saturated rings. The third kappa shape index (κ3) is 4.42. The van der Waals surface area contributed by atoms with Gasteiger partial charge < -0.3 is 5.32 Å². The van der Waals surface area contributed by atoms with Crippen molar-refractivity contribution >= 4 is 16.0 Å². The van der Waals surface area contributed by atoms with Gasteiger partial charge in [-0.05, 0) is 12.3 Å². The number of hydrogen-bond acceptors (Lipinski definition) is 5. The number of sulfonamides is 1. The average molecular weight is 300 g/mol. The maximum Gasteiger partial charge on any atom is 0.246 e. The Morgan fingerprint density at radius 1 is 1.25 bits per heavy atom. The predicted octanol–water partition coefficient (Wildman–Crippen LogP) is 1.97. The highest BCUT2D eigenvalue weighted by molar-refractivity contribution is 7.89. The number of nitrogens with one attached hydrogen (secondary N) is 1. The van der Waals surface area contributed by atoms with E-state index in [1.54, 1.807) is 0 Å². The molecule has 20 heavy (non-hydrogen) atoms. The van der Waals surface area contributed by atoms with Gasteiger partial charge in [0.25, 0.3) is 0 Å². The average Bonchev–Trinajstić information content (AvgIpc) is 2.42. The molecule has 1 rings (SSSR count). The zero-order valence-electron chi connectivity index (χ0n) is 12.6. The molecule has 1 N–H and O–H groups in total. The quantitative estimate of drug-likeness (QED) is 0.794. The first kappa shape index (κ1) is 16.8. The van der Waals surface area contributed by atoms with Crippen LogP contribution >= 0.6 is 0 Å². The minimum Gasteiger partial charge on any atom is -0.354 e. The lowest BCUT2D eigenvalue weighted by molar-refractivity contribution is 0.380. The van der Waals surface area contributed by atoms with E-state index in [1.807, 2.05) is 27.7 Å². The lowest BCUT2D eigenvalue weighted by atomic mass is 10.2. The van der Waals surface area contributed by atoms with Crippen LogP contribution in [-0.2, 0) is 10.0 Å². The summed E-state index contributed by atoms with van der Waals surface area (Å²) < 4.78 is 26.4. The molecule has 0 bridgehead atoms. The second-order valence-corrected chi connectivity index (χ2v) is 6.96. The van der Waals surface area contributed by atoms with Crippen molar-refractivity contribution in [2.45, 2.75) is 39.0 Å². The third-order valence-corrected chi connectivity index (χ3v) is 4.61. The molecule has 0 aliphatic rings. The fourth-order valence-corrected chi connectivity index (χ4v) is 3.24. The number of rotatable bonds is 8. The van der Waals surface area contributed by atoms with Gasteiger partial charge in [0.1, 0.15) is 4.90 Å². The molecule has 1 aromatic heterocycles. The number of aromatic nitrogens is 2. The molecule has 1 aromatic rings. The lowest BCUT2D eigenvalue weighted by Gasteiger charge is -2.22. The van der Waals surface area contributed by atoms with Crippen LogP contribution in [0.1, 0.15) is 34.1 Å². The van der Waals surface area contributed by atoms with Gasteiger partial charge in [-0.2, -0.15) is 4.31 Å². The summed E-state index contributed by atoms with van der Waals surface area (Å²) in [5.74, 6) is 0.730. The van der Waals surface area contributed by atoms with Crippen molar-refractivity contribution in [3.63, 3.8) is 0 Å². The van der Waals surface area contributed by atoms with E-state index in [1.165, 1.54) is 16.7 Å². The van der Waals surface area contributed by atoms with Gasteiger partial charge in [-0.3, -0.25) is 0 Å². The van der Waals surface area contributed by atoms with E-state index in [2.05, 4.69) is 15.3 Å². The smallest absolute Gasteiger partial charge is 0.246 e. The second kappa shape index (κ2) is 7.54. The molecular formula is C13H24N4O2S. The van der Waals surface area contributed by atoms with Gasteiger partial charge in [0, 0.05) is 19.6 Å². The van der Waals surface area contributed by atoms with Crippen LogP contribution in [0.15, 0.2) is 17.3 Å². The number of anilines is 1. The predicted molar refractivity (Wildman–Crippen MR) is 80.1 cm³/mol. The molecule has 0 aliphatic carbocycles. The molecule has 1 heterocycles. The Labute approximate surface area is 121 Å². The maximum atomic E-state index is 12.4.